The second-order valence-corrected chi connectivity index (χ2v) is 11.0. The van der Waals surface area contributed by atoms with Crippen molar-refractivity contribution in [2.24, 2.45) is 11.8 Å². The van der Waals surface area contributed by atoms with Crippen LogP contribution in [0, 0.1) is 11.8 Å². The highest BCUT2D eigenvalue weighted by atomic mass is 32.1. The van der Waals surface area contributed by atoms with Crippen molar-refractivity contribution in [2.45, 2.75) is 52.5 Å². The zero-order valence-corrected chi connectivity index (χ0v) is 21.5. The number of hydrogen-bond donors (Lipinski definition) is 1. The first-order chi connectivity index (χ1) is 17.3. The Kier molecular flexibility index (Phi) is 6.62. The Balaban J connectivity index is 1.46. The molecular weight excluding hydrogens is 472 g/mol. The Morgan fingerprint density at radius 3 is 2.42 bits per heavy atom. The zero-order chi connectivity index (χ0) is 25.4. The van der Waals surface area contributed by atoms with Gasteiger partial charge in [0.15, 0.2) is 5.65 Å². The quantitative estimate of drug-likeness (QED) is 0.330. The molecule has 1 aliphatic rings. The number of aromatic carboxylic acids is 1. The number of fused-ring (bicyclic) bond motifs is 1. The number of benzene rings is 1. The first-order valence-electron chi connectivity index (χ1n) is 12.4. The molecule has 0 radical (unpaired) electrons. The molecule has 0 unspecified atom stereocenters. The van der Waals surface area contributed by atoms with Crippen LogP contribution in [0.15, 0.2) is 54.9 Å². The van der Waals surface area contributed by atoms with Crippen LogP contribution in [0.3, 0.4) is 0 Å². The largest absolute Gasteiger partial charge is 0.478 e. The summed E-state index contributed by atoms with van der Waals surface area (Å²) in [6, 6.07) is 13.2. The lowest BCUT2D eigenvalue weighted by Gasteiger charge is -2.33. The third kappa shape index (κ3) is 4.65. The van der Waals surface area contributed by atoms with Gasteiger partial charge in [-0.15, -0.1) is 11.3 Å². The molecule has 7 nitrogen and oxygen atoms in total. The summed E-state index contributed by atoms with van der Waals surface area (Å²) in [6.45, 7) is 6.13. The predicted octanol–water partition coefficient (Wildman–Crippen LogP) is 6.39. The van der Waals surface area contributed by atoms with Gasteiger partial charge in [-0.1, -0.05) is 31.2 Å². The van der Waals surface area contributed by atoms with Crippen molar-refractivity contribution in [1.29, 1.82) is 0 Å². The monoisotopic (exact) mass is 502 g/mol. The summed E-state index contributed by atoms with van der Waals surface area (Å²) in [5.41, 5.74) is 3.62. The number of amides is 1. The standard InChI is InChI=1S/C28H30N4O3S/c1-17(2)32(26(33)21-7-5-18(3)6-8-21)27-22(28(34)35)15-24(36-27)20-11-9-19(10-12-20)23-16-25-29-13-4-14-31(25)30-23/h4,9-18,21H,5-8H2,1-3H3,(H,34,35). The number of aromatic nitrogens is 3. The number of thiophene rings is 1. The van der Waals surface area contributed by atoms with Crippen molar-refractivity contribution in [1.82, 2.24) is 14.6 Å². The van der Waals surface area contributed by atoms with E-state index in [1.54, 1.807) is 21.7 Å². The molecule has 0 bridgehead atoms. The molecule has 36 heavy (non-hydrogen) atoms. The van der Waals surface area contributed by atoms with Crippen molar-refractivity contribution in [3.8, 4) is 21.7 Å². The molecule has 1 aromatic carbocycles. The highest BCUT2D eigenvalue weighted by Gasteiger charge is 2.33. The van der Waals surface area contributed by atoms with E-state index in [9.17, 15) is 14.7 Å². The topological polar surface area (TPSA) is 87.8 Å². The minimum atomic E-state index is -1.02. The summed E-state index contributed by atoms with van der Waals surface area (Å²) in [5, 5.41) is 15.1. The first-order valence-corrected chi connectivity index (χ1v) is 13.2. The van der Waals surface area contributed by atoms with E-state index >= 15 is 0 Å². The molecule has 0 atom stereocenters. The summed E-state index contributed by atoms with van der Waals surface area (Å²) >= 11 is 1.37. The van der Waals surface area contributed by atoms with E-state index in [-0.39, 0.29) is 23.4 Å². The van der Waals surface area contributed by atoms with E-state index in [4.69, 9.17) is 0 Å². The van der Waals surface area contributed by atoms with Crippen LogP contribution in [0.5, 0.6) is 0 Å². The lowest BCUT2D eigenvalue weighted by molar-refractivity contribution is -0.123. The molecule has 1 N–H and O–H groups in total. The van der Waals surface area contributed by atoms with Crippen molar-refractivity contribution in [3.63, 3.8) is 0 Å². The van der Waals surface area contributed by atoms with Gasteiger partial charge in [-0.2, -0.15) is 5.10 Å². The molecule has 3 aromatic heterocycles. The van der Waals surface area contributed by atoms with Crippen LogP contribution in [-0.2, 0) is 4.79 Å². The maximum absolute atomic E-state index is 13.6. The van der Waals surface area contributed by atoms with Gasteiger partial charge in [0.2, 0.25) is 5.91 Å². The van der Waals surface area contributed by atoms with Gasteiger partial charge in [-0.05, 0) is 63.1 Å². The number of carbonyl (C=O) groups is 2. The van der Waals surface area contributed by atoms with Gasteiger partial charge in [-0.25, -0.2) is 14.3 Å². The molecule has 0 spiro atoms. The van der Waals surface area contributed by atoms with Crippen molar-refractivity contribution < 1.29 is 14.7 Å². The number of nitrogens with zero attached hydrogens (tertiary/aromatic N) is 4. The van der Waals surface area contributed by atoms with Crippen LogP contribution in [0.1, 0.15) is 56.8 Å². The van der Waals surface area contributed by atoms with Crippen LogP contribution < -0.4 is 4.90 Å². The Hall–Kier alpha value is -3.52. The molecule has 4 aromatic rings. The molecule has 0 saturated heterocycles. The number of carboxylic acid groups (broad SMARTS) is 1. The Morgan fingerprint density at radius 2 is 1.78 bits per heavy atom. The third-order valence-electron chi connectivity index (χ3n) is 6.98. The average molecular weight is 503 g/mol. The highest BCUT2D eigenvalue weighted by Crippen LogP contribution is 2.41. The normalized spacial score (nSPS) is 18.0. The van der Waals surface area contributed by atoms with Crippen molar-refractivity contribution in [3.05, 3.63) is 60.4 Å². The van der Waals surface area contributed by atoms with E-state index in [1.807, 2.05) is 56.4 Å². The Bertz CT molecular complexity index is 1360. The molecule has 3 heterocycles. The molecule has 5 rings (SSSR count). The van der Waals surface area contributed by atoms with Gasteiger partial charge in [0.25, 0.3) is 0 Å². The molecule has 0 aliphatic heterocycles. The van der Waals surface area contributed by atoms with E-state index in [1.165, 1.54) is 11.3 Å². The fourth-order valence-corrected chi connectivity index (χ4v) is 6.22. The summed E-state index contributed by atoms with van der Waals surface area (Å²) in [6.07, 6.45) is 7.40. The van der Waals surface area contributed by atoms with Gasteiger partial charge in [-0.3, -0.25) is 4.79 Å². The second-order valence-electron chi connectivity index (χ2n) is 9.92. The van der Waals surface area contributed by atoms with E-state index < -0.39 is 5.97 Å². The second kappa shape index (κ2) is 9.85. The number of carboxylic acids is 1. The van der Waals surface area contributed by atoms with Gasteiger partial charge in [0.05, 0.1) is 11.3 Å². The summed E-state index contributed by atoms with van der Waals surface area (Å²) in [7, 11) is 0. The van der Waals surface area contributed by atoms with E-state index in [2.05, 4.69) is 17.0 Å². The maximum Gasteiger partial charge on any atom is 0.338 e. The minimum Gasteiger partial charge on any atom is -0.478 e. The van der Waals surface area contributed by atoms with Gasteiger partial charge in [0, 0.05) is 40.9 Å². The third-order valence-corrected chi connectivity index (χ3v) is 8.17. The van der Waals surface area contributed by atoms with Crippen LogP contribution in [0.4, 0.5) is 5.00 Å². The van der Waals surface area contributed by atoms with Crippen LogP contribution in [-0.4, -0.2) is 37.6 Å². The van der Waals surface area contributed by atoms with Crippen molar-refractivity contribution in [2.75, 3.05) is 4.90 Å². The Morgan fingerprint density at radius 1 is 1.08 bits per heavy atom. The maximum atomic E-state index is 13.6. The van der Waals surface area contributed by atoms with Crippen LogP contribution >= 0.6 is 11.3 Å². The summed E-state index contributed by atoms with van der Waals surface area (Å²) in [5.74, 6) is -0.375. The lowest BCUT2D eigenvalue weighted by Crippen LogP contribution is -2.42. The molecule has 8 heteroatoms. The van der Waals surface area contributed by atoms with Crippen molar-refractivity contribution >= 4 is 33.9 Å². The number of hydrogen-bond acceptors (Lipinski definition) is 5. The number of rotatable bonds is 6. The van der Waals surface area contributed by atoms with Gasteiger partial charge < -0.3 is 10.0 Å². The fourth-order valence-electron chi connectivity index (χ4n) is 4.93. The summed E-state index contributed by atoms with van der Waals surface area (Å²) < 4.78 is 1.73. The number of anilines is 1. The average Bonchev–Trinajstić information content (AvgIpc) is 3.49. The first kappa shape index (κ1) is 24.2. The predicted molar refractivity (Wildman–Crippen MR) is 142 cm³/mol. The highest BCUT2D eigenvalue weighted by molar-refractivity contribution is 7.20. The molecule has 1 aliphatic carbocycles. The molecule has 186 valence electrons. The van der Waals surface area contributed by atoms with E-state index in [0.717, 1.165) is 53.0 Å². The number of carbonyl (C=O) groups excluding carboxylic acids is 1. The Labute approximate surface area is 214 Å². The van der Waals surface area contributed by atoms with Crippen LogP contribution in [0.2, 0.25) is 0 Å². The molecule has 1 fully saturated rings. The van der Waals surface area contributed by atoms with Gasteiger partial charge in [0.1, 0.15) is 5.00 Å². The van der Waals surface area contributed by atoms with E-state index in [0.29, 0.717) is 10.9 Å². The van der Waals surface area contributed by atoms with Crippen LogP contribution in [0.25, 0.3) is 27.3 Å². The lowest BCUT2D eigenvalue weighted by atomic mass is 9.82. The fraction of sp³-hybridized carbons (Fsp3) is 0.357. The molecule has 1 amide bonds. The smallest absolute Gasteiger partial charge is 0.338 e. The molecule has 1 saturated carbocycles. The molecular formula is C28H30N4O3S. The minimum absolute atomic E-state index is 0.0450. The van der Waals surface area contributed by atoms with Gasteiger partial charge >= 0.3 is 5.97 Å². The summed E-state index contributed by atoms with van der Waals surface area (Å²) in [4.78, 5) is 32.6. The SMILES string of the molecule is CC1CCC(C(=O)N(c2sc(-c3ccc(-c4cc5ncccn5n4)cc3)cc2C(=O)O)C(C)C)CC1. The zero-order valence-electron chi connectivity index (χ0n) is 20.7.